The molecule has 2 amide bonds. The van der Waals surface area contributed by atoms with Crippen LogP contribution in [0.15, 0.2) is 0 Å². The molecule has 0 saturated carbocycles. The highest BCUT2D eigenvalue weighted by molar-refractivity contribution is 5.74. The van der Waals surface area contributed by atoms with Crippen LogP contribution in [-0.4, -0.2) is 103 Å². The van der Waals surface area contributed by atoms with E-state index in [9.17, 15) is 9.59 Å². The largest absolute Gasteiger partial charge is 0.480 e. The average molecular weight is 399 g/mol. The molecule has 8 nitrogen and oxygen atoms in total. The molecule has 0 aliphatic carbocycles. The van der Waals surface area contributed by atoms with E-state index in [1.54, 1.807) is 16.8 Å². The zero-order chi connectivity index (χ0) is 20.5. The Labute approximate surface area is 169 Å². The number of ether oxygens (including phenoxy) is 1. The summed E-state index contributed by atoms with van der Waals surface area (Å²) < 4.78 is 5.73. The summed E-state index contributed by atoms with van der Waals surface area (Å²) >= 11 is 0. The first-order valence-corrected chi connectivity index (χ1v) is 10.7. The van der Waals surface area contributed by atoms with Crippen LogP contribution in [0.1, 0.15) is 39.5 Å². The maximum absolute atomic E-state index is 12.8. The maximum atomic E-state index is 12.8. The van der Waals surface area contributed by atoms with Gasteiger partial charge in [0, 0.05) is 32.2 Å². The fourth-order valence-corrected chi connectivity index (χ4v) is 4.46. The van der Waals surface area contributed by atoms with Crippen molar-refractivity contribution in [2.45, 2.75) is 51.7 Å². The number of hydrogen-bond acceptors (Lipinski definition) is 5. The van der Waals surface area contributed by atoms with E-state index in [0.29, 0.717) is 44.7 Å². The minimum absolute atomic E-state index is 0.0288. The number of rotatable bonds is 10. The van der Waals surface area contributed by atoms with E-state index in [4.69, 9.17) is 9.84 Å². The van der Waals surface area contributed by atoms with Crippen molar-refractivity contribution >= 4 is 12.0 Å². The molecule has 0 spiro atoms. The minimum atomic E-state index is -0.859. The molecular formula is C20H38N4O4. The Morgan fingerprint density at radius 3 is 2.50 bits per heavy atom. The Kier molecular flexibility index (Phi) is 9.47. The van der Waals surface area contributed by atoms with Crippen molar-refractivity contribution in [3.63, 3.8) is 0 Å². The highest BCUT2D eigenvalue weighted by Crippen LogP contribution is 2.22. The zero-order valence-corrected chi connectivity index (χ0v) is 17.7. The number of aliphatic carboxylic acids is 1. The van der Waals surface area contributed by atoms with Gasteiger partial charge in [-0.15, -0.1) is 0 Å². The molecule has 2 heterocycles. The normalized spacial score (nSPS) is 22.0. The van der Waals surface area contributed by atoms with Gasteiger partial charge in [0.05, 0.1) is 19.3 Å². The molecule has 0 radical (unpaired) electrons. The molecule has 28 heavy (non-hydrogen) atoms. The second kappa shape index (κ2) is 11.6. The van der Waals surface area contributed by atoms with Gasteiger partial charge in [-0.2, -0.15) is 0 Å². The lowest BCUT2D eigenvalue weighted by Crippen LogP contribution is -2.54. The van der Waals surface area contributed by atoms with Gasteiger partial charge < -0.3 is 20.1 Å². The summed E-state index contributed by atoms with van der Waals surface area (Å²) in [5, 5.41) is 12.1. The van der Waals surface area contributed by atoms with Crippen LogP contribution in [0, 0.1) is 5.92 Å². The molecule has 2 aliphatic heterocycles. The summed E-state index contributed by atoms with van der Waals surface area (Å²) in [6, 6.07) is 0.365. The van der Waals surface area contributed by atoms with Crippen molar-refractivity contribution in [1.82, 2.24) is 20.0 Å². The monoisotopic (exact) mass is 398 g/mol. The molecule has 0 aromatic heterocycles. The Morgan fingerprint density at radius 2 is 1.89 bits per heavy atom. The fourth-order valence-electron chi connectivity index (χ4n) is 4.46. The van der Waals surface area contributed by atoms with Crippen LogP contribution in [0.3, 0.4) is 0 Å². The van der Waals surface area contributed by atoms with Crippen molar-refractivity contribution < 1.29 is 19.4 Å². The summed E-state index contributed by atoms with van der Waals surface area (Å²) in [4.78, 5) is 29.6. The summed E-state index contributed by atoms with van der Waals surface area (Å²) in [5.41, 5.74) is 0. The van der Waals surface area contributed by atoms with Crippen LogP contribution in [0.4, 0.5) is 4.79 Å². The lowest BCUT2D eigenvalue weighted by molar-refractivity contribution is -0.138. The number of urea groups is 1. The topological polar surface area (TPSA) is 85.4 Å². The molecule has 2 atom stereocenters. The molecule has 0 aromatic carbocycles. The van der Waals surface area contributed by atoms with E-state index < -0.39 is 5.97 Å². The first-order valence-electron chi connectivity index (χ1n) is 10.7. The number of carboxylic acid groups (broad SMARTS) is 1. The van der Waals surface area contributed by atoms with Crippen molar-refractivity contribution in [3.8, 4) is 0 Å². The Bertz CT molecular complexity index is 493. The lowest BCUT2D eigenvalue weighted by atomic mass is 9.93. The maximum Gasteiger partial charge on any atom is 0.317 e. The highest BCUT2D eigenvalue weighted by atomic mass is 16.5. The summed E-state index contributed by atoms with van der Waals surface area (Å²) in [7, 11) is 1.76. The number of nitrogens with zero attached hydrogens (tertiary/aromatic N) is 3. The molecule has 2 rings (SSSR count). The van der Waals surface area contributed by atoms with E-state index in [2.05, 4.69) is 24.1 Å². The van der Waals surface area contributed by atoms with Gasteiger partial charge in [-0.25, -0.2) is 4.79 Å². The van der Waals surface area contributed by atoms with Crippen LogP contribution in [0.25, 0.3) is 0 Å². The van der Waals surface area contributed by atoms with Gasteiger partial charge in [-0.05, 0) is 38.9 Å². The molecule has 2 unspecified atom stereocenters. The molecular weight excluding hydrogens is 360 g/mol. The van der Waals surface area contributed by atoms with Crippen molar-refractivity contribution in [2.24, 2.45) is 5.92 Å². The first kappa shape index (κ1) is 22.9. The van der Waals surface area contributed by atoms with Gasteiger partial charge in [0.25, 0.3) is 0 Å². The average Bonchev–Trinajstić information content (AvgIpc) is 3.18. The minimum Gasteiger partial charge on any atom is -0.480 e. The summed E-state index contributed by atoms with van der Waals surface area (Å²) in [5.74, 6) is -0.261. The van der Waals surface area contributed by atoms with Gasteiger partial charge in [-0.1, -0.05) is 26.7 Å². The van der Waals surface area contributed by atoms with Crippen molar-refractivity contribution in [2.75, 3.05) is 59.5 Å². The highest BCUT2D eigenvalue weighted by Gasteiger charge is 2.30. The first-order chi connectivity index (χ1) is 13.4. The smallest absolute Gasteiger partial charge is 0.317 e. The Hall–Kier alpha value is -1.38. The van der Waals surface area contributed by atoms with E-state index >= 15 is 0 Å². The number of likely N-dealkylation sites (N-methyl/N-ethyl adjacent to an activating group) is 1. The SMILES string of the molecule is CCC(CC)C(CNC(=O)N1CCOC(CN(C)CC(=O)O)C1)N1CCCC1. The summed E-state index contributed by atoms with van der Waals surface area (Å²) in [6.45, 7) is 9.45. The second-order valence-corrected chi connectivity index (χ2v) is 8.10. The molecule has 2 N–H and O–H groups in total. The Balaban J connectivity index is 1.85. The van der Waals surface area contributed by atoms with Crippen LogP contribution < -0.4 is 5.32 Å². The van der Waals surface area contributed by atoms with Crippen molar-refractivity contribution in [1.29, 1.82) is 0 Å². The molecule has 162 valence electrons. The quantitative estimate of drug-likeness (QED) is 0.577. The van der Waals surface area contributed by atoms with E-state index in [1.165, 1.54) is 12.8 Å². The third-order valence-electron chi connectivity index (χ3n) is 6.01. The second-order valence-electron chi connectivity index (χ2n) is 8.10. The molecule has 0 bridgehead atoms. The van der Waals surface area contributed by atoms with Gasteiger partial charge in [0.2, 0.25) is 0 Å². The van der Waals surface area contributed by atoms with Crippen LogP contribution in [-0.2, 0) is 9.53 Å². The van der Waals surface area contributed by atoms with E-state index in [1.807, 2.05) is 0 Å². The third-order valence-corrected chi connectivity index (χ3v) is 6.01. The number of carbonyl (C=O) groups is 2. The Morgan fingerprint density at radius 1 is 1.21 bits per heavy atom. The van der Waals surface area contributed by atoms with Gasteiger partial charge in [-0.3, -0.25) is 14.6 Å². The zero-order valence-electron chi connectivity index (χ0n) is 17.7. The van der Waals surface area contributed by atoms with Gasteiger partial charge >= 0.3 is 12.0 Å². The molecule has 2 fully saturated rings. The number of carbonyl (C=O) groups excluding carboxylic acids is 1. The van der Waals surface area contributed by atoms with Crippen LogP contribution >= 0.6 is 0 Å². The number of nitrogens with one attached hydrogen (secondary N) is 1. The third kappa shape index (κ3) is 6.90. The van der Waals surface area contributed by atoms with Gasteiger partial charge in [0.15, 0.2) is 0 Å². The lowest BCUT2D eigenvalue weighted by Gasteiger charge is -2.37. The number of likely N-dealkylation sites (tertiary alicyclic amines) is 1. The van der Waals surface area contributed by atoms with E-state index in [-0.39, 0.29) is 18.7 Å². The van der Waals surface area contributed by atoms with Crippen LogP contribution in [0.5, 0.6) is 0 Å². The molecule has 0 aromatic rings. The number of amides is 2. The fraction of sp³-hybridized carbons (Fsp3) is 0.900. The standard InChI is InChI=1S/C20H38N4O4/c1-4-16(5-2)18(23-8-6-7-9-23)12-21-20(27)24-10-11-28-17(14-24)13-22(3)15-19(25)26/h16-18H,4-15H2,1-3H3,(H,21,27)(H,25,26). The van der Waals surface area contributed by atoms with E-state index in [0.717, 1.165) is 25.9 Å². The van der Waals surface area contributed by atoms with Crippen LogP contribution in [0.2, 0.25) is 0 Å². The predicted molar refractivity (Wildman–Crippen MR) is 109 cm³/mol. The number of hydrogen-bond donors (Lipinski definition) is 2. The predicted octanol–water partition coefficient (Wildman–Crippen LogP) is 1.31. The molecule has 2 saturated heterocycles. The number of morpholine rings is 1. The molecule has 8 heteroatoms. The number of carboxylic acids is 1. The van der Waals surface area contributed by atoms with Gasteiger partial charge in [0.1, 0.15) is 0 Å². The molecule has 2 aliphatic rings. The van der Waals surface area contributed by atoms with Crippen molar-refractivity contribution in [3.05, 3.63) is 0 Å². The summed E-state index contributed by atoms with van der Waals surface area (Å²) in [6.07, 6.45) is 4.60.